The molecule has 0 bridgehead atoms. The Bertz CT molecular complexity index is 754. The van der Waals surface area contributed by atoms with E-state index in [9.17, 15) is 4.79 Å². The molecule has 2 saturated heterocycles. The van der Waals surface area contributed by atoms with Crippen molar-refractivity contribution in [1.82, 2.24) is 14.8 Å². The van der Waals surface area contributed by atoms with Crippen molar-refractivity contribution in [3.05, 3.63) is 45.9 Å². The molecule has 0 atom stereocenters. The Kier molecular flexibility index (Phi) is 6.10. The third kappa shape index (κ3) is 4.52. The van der Waals surface area contributed by atoms with Gasteiger partial charge in [0.1, 0.15) is 6.10 Å². The molecule has 0 saturated carbocycles. The molecule has 2 aliphatic rings. The minimum atomic E-state index is 0.136. The van der Waals surface area contributed by atoms with Gasteiger partial charge in [0.15, 0.2) is 0 Å². The summed E-state index contributed by atoms with van der Waals surface area (Å²) in [5.41, 5.74) is 0.760. The predicted octanol–water partition coefficient (Wildman–Crippen LogP) is 4.05. The first-order valence-corrected chi connectivity index (χ1v) is 11.2. The normalized spacial score (nSPS) is 20.0. The van der Waals surface area contributed by atoms with Crippen molar-refractivity contribution in [1.29, 1.82) is 0 Å². The van der Waals surface area contributed by atoms with Crippen molar-refractivity contribution in [3.63, 3.8) is 0 Å². The van der Waals surface area contributed by atoms with E-state index in [0.29, 0.717) is 6.04 Å². The van der Waals surface area contributed by atoms with Crippen molar-refractivity contribution < 1.29 is 9.53 Å². The van der Waals surface area contributed by atoms with Crippen LogP contribution < -0.4 is 4.74 Å². The summed E-state index contributed by atoms with van der Waals surface area (Å²) in [6.45, 7) is 3.80. The van der Waals surface area contributed by atoms with Gasteiger partial charge in [0, 0.05) is 48.3 Å². The highest BCUT2D eigenvalue weighted by Crippen LogP contribution is 2.26. The first kappa shape index (κ1) is 18.9. The molecule has 2 fully saturated rings. The van der Waals surface area contributed by atoms with Crippen LogP contribution in [0.4, 0.5) is 0 Å². The van der Waals surface area contributed by atoms with Gasteiger partial charge in [-0.1, -0.05) is 23.5 Å². The summed E-state index contributed by atoms with van der Waals surface area (Å²) in [5.74, 6) is 0.136. The monoisotopic (exact) mass is 449 g/mol. The van der Waals surface area contributed by atoms with E-state index in [0.717, 1.165) is 67.1 Å². The van der Waals surface area contributed by atoms with Gasteiger partial charge in [0.25, 0.3) is 11.1 Å². The number of likely N-dealkylation sites (tertiary alicyclic amines) is 2. The second kappa shape index (κ2) is 8.71. The first-order chi connectivity index (χ1) is 13.2. The number of hydrogen-bond donors (Lipinski definition) is 0. The van der Waals surface area contributed by atoms with E-state index in [-0.39, 0.29) is 12.0 Å². The van der Waals surface area contributed by atoms with E-state index in [4.69, 9.17) is 4.74 Å². The van der Waals surface area contributed by atoms with Gasteiger partial charge in [-0.25, -0.2) is 4.98 Å². The second-order valence-corrected chi connectivity index (χ2v) is 8.87. The highest BCUT2D eigenvalue weighted by Gasteiger charge is 2.31. The van der Waals surface area contributed by atoms with E-state index in [1.54, 1.807) is 17.5 Å². The minimum Gasteiger partial charge on any atom is -0.467 e. The fourth-order valence-corrected chi connectivity index (χ4v) is 5.01. The van der Waals surface area contributed by atoms with Gasteiger partial charge in [0.2, 0.25) is 0 Å². The summed E-state index contributed by atoms with van der Waals surface area (Å²) in [5, 5.41) is 2.74. The summed E-state index contributed by atoms with van der Waals surface area (Å²) in [6, 6.07) is 8.26. The summed E-state index contributed by atoms with van der Waals surface area (Å²) in [4.78, 5) is 21.6. The first-order valence-electron chi connectivity index (χ1n) is 9.54. The number of piperidine rings is 2. The van der Waals surface area contributed by atoms with Crippen LogP contribution in [0, 0.1) is 0 Å². The van der Waals surface area contributed by atoms with E-state index in [1.165, 1.54) is 0 Å². The van der Waals surface area contributed by atoms with Crippen LogP contribution in [-0.2, 0) is 0 Å². The molecule has 0 unspecified atom stereocenters. The topological polar surface area (TPSA) is 45.7 Å². The van der Waals surface area contributed by atoms with Crippen molar-refractivity contribution in [2.75, 3.05) is 26.2 Å². The van der Waals surface area contributed by atoms with Crippen molar-refractivity contribution in [2.24, 2.45) is 0 Å². The lowest BCUT2D eigenvalue weighted by Crippen LogP contribution is -2.50. The van der Waals surface area contributed by atoms with Crippen LogP contribution in [0.25, 0.3) is 0 Å². The van der Waals surface area contributed by atoms with Crippen LogP contribution in [0.2, 0.25) is 0 Å². The minimum absolute atomic E-state index is 0.136. The Balaban J connectivity index is 1.25. The van der Waals surface area contributed by atoms with Crippen LogP contribution in [0.3, 0.4) is 0 Å². The van der Waals surface area contributed by atoms with E-state index >= 15 is 0 Å². The van der Waals surface area contributed by atoms with E-state index < -0.39 is 0 Å². The summed E-state index contributed by atoms with van der Waals surface area (Å²) in [7, 11) is 0. The zero-order valence-electron chi connectivity index (χ0n) is 15.2. The van der Waals surface area contributed by atoms with E-state index in [2.05, 4.69) is 25.8 Å². The molecule has 3 heterocycles. The number of aromatic nitrogens is 1. The molecule has 0 aliphatic carbocycles. The number of thiazole rings is 1. The summed E-state index contributed by atoms with van der Waals surface area (Å²) >= 11 is 5.05. The van der Waals surface area contributed by atoms with Crippen LogP contribution in [0.5, 0.6) is 5.19 Å². The smallest absolute Gasteiger partial charge is 0.273 e. The van der Waals surface area contributed by atoms with Gasteiger partial charge in [-0.05, 0) is 53.7 Å². The van der Waals surface area contributed by atoms with Gasteiger partial charge < -0.3 is 9.64 Å². The molecule has 0 spiro atoms. The Labute approximate surface area is 172 Å². The molecule has 1 amide bonds. The van der Waals surface area contributed by atoms with Crippen LogP contribution in [0.1, 0.15) is 36.0 Å². The molecule has 0 N–H and O–H groups in total. The third-order valence-corrected chi connectivity index (χ3v) is 6.88. The number of benzene rings is 1. The lowest BCUT2D eigenvalue weighted by atomic mass is 9.98. The molecule has 7 heteroatoms. The average Bonchev–Trinajstić information content (AvgIpc) is 3.22. The Morgan fingerprint density at radius 1 is 1.11 bits per heavy atom. The molecule has 144 valence electrons. The van der Waals surface area contributed by atoms with Crippen molar-refractivity contribution >= 4 is 33.2 Å². The molecule has 2 aliphatic heterocycles. The SMILES string of the molecule is O=C(c1ccccc1Br)N1CCC(N2CCC(Oc3nccs3)CC2)CC1. The number of hydrogen-bond acceptors (Lipinski definition) is 5. The molecule has 4 rings (SSSR count). The number of carbonyl (C=O) groups is 1. The second-order valence-electron chi connectivity index (χ2n) is 7.15. The van der Waals surface area contributed by atoms with Gasteiger partial charge in [0.05, 0.1) is 5.56 Å². The third-order valence-electron chi connectivity index (χ3n) is 5.53. The molecule has 1 aromatic heterocycles. The van der Waals surface area contributed by atoms with Crippen molar-refractivity contribution in [3.8, 4) is 5.19 Å². The maximum Gasteiger partial charge on any atom is 0.273 e. The fraction of sp³-hybridized carbons (Fsp3) is 0.500. The van der Waals surface area contributed by atoms with Gasteiger partial charge in [-0.15, -0.1) is 0 Å². The van der Waals surface area contributed by atoms with Crippen LogP contribution >= 0.6 is 27.3 Å². The lowest BCUT2D eigenvalue weighted by molar-refractivity contribution is 0.0424. The number of nitrogens with zero attached hydrogens (tertiary/aromatic N) is 3. The number of halogens is 1. The van der Waals surface area contributed by atoms with Gasteiger partial charge in [-0.3, -0.25) is 9.69 Å². The molecule has 0 radical (unpaired) electrons. The fourth-order valence-electron chi connectivity index (χ4n) is 4.01. The molecule has 1 aromatic carbocycles. The predicted molar refractivity (Wildman–Crippen MR) is 110 cm³/mol. The summed E-state index contributed by atoms with van der Waals surface area (Å²) < 4.78 is 6.84. The molecule has 5 nitrogen and oxygen atoms in total. The Morgan fingerprint density at radius 3 is 2.52 bits per heavy atom. The van der Waals surface area contributed by atoms with E-state index in [1.807, 2.05) is 34.5 Å². The zero-order valence-corrected chi connectivity index (χ0v) is 17.6. The Morgan fingerprint density at radius 2 is 1.85 bits per heavy atom. The standard InChI is InChI=1S/C20H24BrN3O2S/c21-18-4-2-1-3-17(18)19(25)24-10-5-15(6-11-24)23-12-7-16(8-13-23)26-20-22-9-14-27-20/h1-4,9,14-16H,5-8,10-13H2. The van der Waals surface area contributed by atoms with Crippen LogP contribution in [0.15, 0.2) is 40.3 Å². The van der Waals surface area contributed by atoms with Crippen molar-refractivity contribution in [2.45, 2.75) is 37.8 Å². The molecular formula is C20H24BrN3O2S. The van der Waals surface area contributed by atoms with Gasteiger partial charge in [-0.2, -0.15) is 0 Å². The summed E-state index contributed by atoms with van der Waals surface area (Å²) in [6.07, 6.45) is 6.27. The molecule has 27 heavy (non-hydrogen) atoms. The molecule has 2 aromatic rings. The van der Waals surface area contributed by atoms with Crippen LogP contribution in [-0.4, -0.2) is 59.0 Å². The quantitative estimate of drug-likeness (QED) is 0.705. The molecular weight excluding hydrogens is 426 g/mol. The highest BCUT2D eigenvalue weighted by molar-refractivity contribution is 9.10. The Hall–Kier alpha value is -1.44. The maximum absolute atomic E-state index is 12.8. The lowest BCUT2D eigenvalue weighted by Gasteiger charge is -2.41. The largest absolute Gasteiger partial charge is 0.467 e. The number of ether oxygens (including phenoxy) is 1. The zero-order chi connectivity index (χ0) is 18.6. The number of carbonyl (C=O) groups excluding carboxylic acids is 1. The average molecular weight is 450 g/mol. The highest BCUT2D eigenvalue weighted by atomic mass is 79.9. The maximum atomic E-state index is 12.8. The number of amides is 1. The van der Waals surface area contributed by atoms with Gasteiger partial charge >= 0.3 is 0 Å². The number of rotatable bonds is 4.